The van der Waals surface area contributed by atoms with E-state index in [1.807, 2.05) is 36.4 Å². The minimum atomic E-state index is 0.123. The zero-order valence-corrected chi connectivity index (χ0v) is 28.5. The number of nitrogens with two attached hydrogens (primary N) is 2. The van der Waals surface area contributed by atoms with Crippen molar-refractivity contribution in [3.63, 3.8) is 0 Å². The van der Waals surface area contributed by atoms with E-state index in [2.05, 4.69) is 44.0 Å². The summed E-state index contributed by atoms with van der Waals surface area (Å²) >= 11 is 7.18. The number of ether oxygens (including phenoxy) is 2. The van der Waals surface area contributed by atoms with Gasteiger partial charge in [-0.15, -0.1) is 0 Å². The first-order valence-electron chi connectivity index (χ1n) is 16.9. The van der Waals surface area contributed by atoms with Crippen molar-refractivity contribution in [1.82, 2.24) is 0 Å². The van der Waals surface area contributed by atoms with E-state index in [0.717, 1.165) is 67.5 Å². The van der Waals surface area contributed by atoms with Gasteiger partial charge in [-0.2, -0.15) is 0 Å². The van der Waals surface area contributed by atoms with Gasteiger partial charge in [-0.1, -0.05) is 31.9 Å². The first-order valence-corrected chi connectivity index (χ1v) is 18.5. The highest BCUT2D eigenvalue weighted by Gasteiger charge is 2.55. The lowest BCUT2D eigenvalue weighted by molar-refractivity contribution is -0.00823. The van der Waals surface area contributed by atoms with Crippen molar-refractivity contribution in [2.24, 2.45) is 35.5 Å². The van der Waals surface area contributed by atoms with Crippen molar-refractivity contribution in [2.45, 2.75) is 87.9 Å². The van der Waals surface area contributed by atoms with E-state index in [1.165, 1.54) is 88.2 Å². The molecule has 8 aliphatic rings. The SMILES string of the molecule is Nc1cc(Br)ccc1Oc1cc(C23CC4CC(CC(C4)C2)C3)c(Oc2ccc(Br)cc2N)cc1C12CC3CC(CC(C3)C1)C2. The Kier molecular flexibility index (Phi) is 6.48. The molecule has 6 heteroatoms. The second-order valence-corrected chi connectivity index (χ2v) is 17.6. The van der Waals surface area contributed by atoms with E-state index in [1.54, 1.807) is 0 Å². The van der Waals surface area contributed by atoms with E-state index in [0.29, 0.717) is 11.4 Å². The number of anilines is 2. The van der Waals surface area contributed by atoms with Crippen molar-refractivity contribution in [3.8, 4) is 23.0 Å². The van der Waals surface area contributed by atoms with Crippen molar-refractivity contribution < 1.29 is 9.47 Å². The van der Waals surface area contributed by atoms with Crippen LogP contribution in [0.1, 0.15) is 88.2 Å². The van der Waals surface area contributed by atoms with Crippen LogP contribution in [0.25, 0.3) is 0 Å². The summed E-state index contributed by atoms with van der Waals surface area (Å²) in [5.41, 5.74) is 17.4. The molecule has 0 aliphatic heterocycles. The minimum absolute atomic E-state index is 0.123. The molecule has 0 radical (unpaired) electrons. The summed E-state index contributed by atoms with van der Waals surface area (Å²) in [5.74, 6) is 8.40. The van der Waals surface area contributed by atoms with Gasteiger partial charge in [0.25, 0.3) is 0 Å². The van der Waals surface area contributed by atoms with E-state index in [-0.39, 0.29) is 10.8 Å². The van der Waals surface area contributed by atoms with Gasteiger partial charge in [0.15, 0.2) is 0 Å². The molecule has 0 amide bonds. The van der Waals surface area contributed by atoms with Gasteiger partial charge in [-0.25, -0.2) is 0 Å². The molecular formula is C38H42Br2N2O2. The number of halogens is 2. The highest BCUT2D eigenvalue weighted by molar-refractivity contribution is 9.10. The fourth-order valence-electron chi connectivity index (χ4n) is 11.9. The number of benzene rings is 3. The van der Waals surface area contributed by atoms with Gasteiger partial charge in [0.05, 0.1) is 11.4 Å². The highest BCUT2D eigenvalue weighted by atomic mass is 79.9. The van der Waals surface area contributed by atoms with Crippen LogP contribution < -0.4 is 20.9 Å². The van der Waals surface area contributed by atoms with Crippen LogP contribution in [0.15, 0.2) is 57.5 Å². The zero-order valence-electron chi connectivity index (χ0n) is 25.3. The van der Waals surface area contributed by atoms with E-state index in [4.69, 9.17) is 20.9 Å². The molecule has 11 rings (SSSR count). The molecule has 0 unspecified atom stereocenters. The summed E-state index contributed by atoms with van der Waals surface area (Å²) in [5, 5.41) is 0. The number of hydrogen-bond donors (Lipinski definition) is 2. The monoisotopic (exact) mass is 716 g/mol. The molecule has 0 aromatic heterocycles. The molecule has 0 spiro atoms. The fourth-order valence-corrected chi connectivity index (χ4v) is 12.7. The Balaban J connectivity index is 1.24. The molecular weight excluding hydrogens is 676 g/mol. The molecule has 4 nitrogen and oxygen atoms in total. The fraction of sp³-hybridized carbons (Fsp3) is 0.526. The Hall–Kier alpha value is -2.18. The van der Waals surface area contributed by atoms with Crippen LogP contribution >= 0.6 is 31.9 Å². The summed E-state index contributed by atoms with van der Waals surface area (Å²) in [6.45, 7) is 0. The summed E-state index contributed by atoms with van der Waals surface area (Å²) in [7, 11) is 0. The van der Waals surface area contributed by atoms with Crippen LogP contribution in [0, 0.1) is 35.5 Å². The molecule has 230 valence electrons. The van der Waals surface area contributed by atoms with Crippen LogP contribution in [0.4, 0.5) is 11.4 Å². The maximum Gasteiger partial charge on any atom is 0.150 e. The van der Waals surface area contributed by atoms with Crippen LogP contribution in [0.3, 0.4) is 0 Å². The van der Waals surface area contributed by atoms with Gasteiger partial charge in [-0.05, 0) is 172 Å². The summed E-state index contributed by atoms with van der Waals surface area (Å²) in [4.78, 5) is 0. The molecule has 8 aliphatic carbocycles. The van der Waals surface area contributed by atoms with Gasteiger partial charge in [0.1, 0.15) is 23.0 Å². The quantitative estimate of drug-likeness (QED) is 0.249. The minimum Gasteiger partial charge on any atom is -0.455 e. The van der Waals surface area contributed by atoms with Crippen molar-refractivity contribution in [2.75, 3.05) is 11.5 Å². The topological polar surface area (TPSA) is 70.5 Å². The second-order valence-electron chi connectivity index (χ2n) is 15.8. The lowest BCUT2D eigenvalue weighted by atomic mass is 9.47. The first-order chi connectivity index (χ1) is 21.2. The molecule has 8 bridgehead atoms. The molecule has 3 aromatic carbocycles. The lowest BCUT2D eigenvalue weighted by Gasteiger charge is -2.58. The normalized spacial score (nSPS) is 36.1. The third-order valence-electron chi connectivity index (χ3n) is 12.7. The van der Waals surface area contributed by atoms with Gasteiger partial charge < -0.3 is 20.9 Å². The average molecular weight is 719 g/mol. The van der Waals surface area contributed by atoms with Gasteiger partial charge in [-0.3, -0.25) is 0 Å². The molecule has 0 saturated heterocycles. The maximum absolute atomic E-state index is 7.00. The Bertz CT molecular complexity index is 1460. The second kappa shape index (κ2) is 10.2. The Morgan fingerprint density at radius 3 is 1.09 bits per heavy atom. The predicted molar refractivity (Wildman–Crippen MR) is 183 cm³/mol. The van der Waals surface area contributed by atoms with Crippen molar-refractivity contribution >= 4 is 43.2 Å². The summed E-state index contributed by atoms with van der Waals surface area (Å²) < 4.78 is 15.9. The van der Waals surface area contributed by atoms with E-state index >= 15 is 0 Å². The van der Waals surface area contributed by atoms with Gasteiger partial charge >= 0.3 is 0 Å². The Labute approximate surface area is 277 Å². The van der Waals surface area contributed by atoms with Crippen molar-refractivity contribution in [3.05, 3.63) is 68.6 Å². The molecule has 0 atom stereocenters. The number of rotatable bonds is 6. The average Bonchev–Trinajstić information content (AvgIpc) is 2.95. The van der Waals surface area contributed by atoms with Crippen LogP contribution in [0.2, 0.25) is 0 Å². The number of nitrogen functional groups attached to an aromatic ring is 2. The smallest absolute Gasteiger partial charge is 0.150 e. The lowest BCUT2D eigenvalue weighted by Crippen LogP contribution is -2.49. The standard InChI is InChI=1S/C38H42Br2N2O2/c39-27-1-3-33(31(41)11-27)43-35-13-30(38-18-24-8-25(19-38)10-26(9-24)20-38)36(44-34-4-2-28(40)12-32(34)42)14-29(35)37-15-21-5-22(16-37)7-23(6-21)17-37/h1-4,11-14,21-26H,5-10,15-20,41-42H2. The van der Waals surface area contributed by atoms with Crippen LogP contribution in [0.5, 0.6) is 23.0 Å². The van der Waals surface area contributed by atoms with Gasteiger partial charge in [0.2, 0.25) is 0 Å². The largest absolute Gasteiger partial charge is 0.455 e. The maximum atomic E-state index is 7.00. The molecule has 3 aromatic rings. The molecule has 0 heterocycles. The van der Waals surface area contributed by atoms with Crippen molar-refractivity contribution in [1.29, 1.82) is 0 Å². The summed E-state index contributed by atoms with van der Waals surface area (Å²) in [6.07, 6.45) is 15.9. The molecule has 4 N–H and O–H groups in total. The van der Waals surface area contributed by atoms with E-state index in [9.17, 15) is 0 Å². The third kappa shape index (κ3) is 4.63. The molecule has 8 fully saturated rings. The Morgan fingerprint density at radius 2 is 0.795 bits per heavy atom. The van der Waals surface area contributed by atoms with Crippen LogP contribution in [-0.2, 0) is 10.8 Å². The molecule has 8 saturated carbocycles. The van der Waals surface area contributed by atoms with Gasteiger partial charge in [0, 0.05) is 20.1 Å². The highest BCUT2D eigenvalue weighted by Crippen LogP contribution is 2.66. The number of hydrogen-bond acceptors (Lipinski definition) is 4. The molecule has 44 heavy (non-hydrogen) atoms. The van der Waals surface area contributed by atoms with E-state index < -0.39 is 0 Å². The zero-order chi connectivity index (χ0) is 29.8. The summed E-state index contributed by atoms with van der Waals surface area (Å²) in [6, 6.07) is 16.8. The Morgan fingerprint density at radius 1 is 0.477 bits per heavy atom. The predicted octanol–water partition coefficient (Wildman–Crippen LogP) is 10.9. The van der Waals surface area contributed by atoms with Crippen LogP contribution in [-0.4, -0.2) is 0 Å². The third-order valence-corrected chi connectivity index (χ3v) is 13.7. The first kappa shape index (κ1) is 28.1.